The van der Waals surface area contributed by atoms with Crippen molar-refractivity contribution in [2.24, 2.45) is 23.7 Å². The molecule has 228 valence electrons. The Bertz CT molecular complexity index is 563. The van der Waals surface area contributed by atoms with Crippen molar-refractivity contribution in [3.05, 3.63) is 0 Å². The number of hydrogen-bond acceptors (Lipinski definition) is 10. The average molecular weight is 561 g/mol. The van der Waals surface area contributed by atoms with Crippen LogP contribution in [-0.2, 0) is 37.9 Å². The van der Waals surface area contributed by atoms with Gasteiger partial charge in [0.25, 0.3) is 0 Å². The fraction of sp³-hybridized carbons (Fsp3) is 1.00. The van der Waals surface area contributed by atoms with Gasteiger partial charge in [0.15, 0.2) is 0 Å². The summed E-state index contributed by atoms with van der Waals surface area (Å²) in [6, 6.07) is 0. The van der Waals surface area contributed by atoms with Gasteiger partial charge in [-0.15, -0.1) is 0 Å². The minimum Gasteiger partial charge on any atom is -0.388 e. The van der Waals surface area contributed by atoms with E-state index in [0.29, 0.717) is 49.1 Å². The average Bonchev–Trinajstić information content (AvgIpc) is 3.87. The summed E-state index contributed by atoms with van der Waals surface area (Å²) in [5.74, 6) is 2.39. The monoisotopic (exact) mass is 560 g/mol. The van der Waals surface area contributed by atoms with Gasteiger partial charge in [-0.05, 0) is 75.0 Å². The first-order valence-electron chi connectivity index (χ1n) is 15.2. The largest absolute Gasteiger partial charge is 0.388 e. The zero-order valence-electron chi connectivity index (χ0n) is 23.6. The smallest absolute Gasteiger partial charge is 0.146 e. The van der Waals surface area contributed by atoms with E-state index in [2.05, 4.69) is 0 Å². The second kappa shape index (κ2) is 18.2. The lowest BCUT2D eigenvalue weighted by molar-refractivity contribution is -0.115. The Labute approximate surface area is 233 Å². The summed E-state index contributed by atoms with van der Waals surface area (Å²) in [4.78, 5) is 0. The molecular weight excluding hydrogens is 508 g/mol. The Morgan fingerprint density at radius 1 is 0.462 bits per heavy atom. The van der Waals surface area contributed by atoms with Crippen LogP contribution < -0.4 is 0 Å². The molecule has 2 saturated heterocycles. The van der Waals surface area contributed by atoms with Crippen LogP contribution in [0.2, 0.25) is 0 Å². The maximum atomic E-state index is 10.1. The molecule has 2 aliphatic carbocycles. The molecule has 0 radical (unpaired) electrons. The molecule has 0 aromatic carbocycles. The fourth-order valence-electron chi connectivity index (χ4n) is 5.46. The third-order valence-corrected chi connectivity index (χ3v) is 8.17. The zero-order chi connectivity index (χ0) is 27.1. The molecule has 39 heavy (non-hydrogen) atoms. The van der Waals surface area contributed by atoms with E-state index in [1.165, 1.54) is 25.7 Å². The molecule has 10 heteroatoms. The van der Waals surface area contributed by atoms with Gasteiger partial charge in [0, 0.05) is 26.4 Å². The van der Waals surface area contributed by atoms with E-state index in [9.17, 15) is 10.2 Å². The van der Waals surface area contributed by atoms with Crippen LogP contribution in [0.3, 0.4) is 0 Å². The van der Waals surface area contributed by atoms with E-state index in [4.69, 9.17) is 37.9 Å². The summed E-state index contributed by atoms with van der Waals surface area (Å²) in [5, 5.41) is 20.2. The molecule has 2 aliphatic heterocycles. The predicted octanol–water partition coefficient (Wildman–Crippen LogP) is 2.18. The Morgan fingerprint density at radius 2 is 0.769 bits per heavy atom. The standard InChI is InChI=1S/C29H52O10/c30-26(13-32-9-22-1-5-24(6-2-22)11-34-17-28-19-38-28)15-36-21-37-16-27(31)14-33-10-23-3-7-25(8-4-23)12-35-18-29-20-39-29/h22-31H,1-21H2. The van der Waals surface area contributed by atoms with Gasteiger partial charge in [0.05, 0.1) is 52.9 Å². The van der Waals surface area contributed by atoms with Gasteiger partial charge in [0.1, 0.15) is 31.2 Å². The van der Waals surface area contributed by atoms with Crippen LogP contribution in [0, 0.1) is 23.7 Å². The third-order valence-electron chi connectivity index (χ3n) is 8.17. The Balaban J connectivity index is 0.884. The molecule has 0 amide bonds. The van der Waals surface area contributed by atoms with Gasteiger partial charge in [0.2, 0.25) is 0 Å². The summed E-state index contributed by atoms with van der Waals surface area (Å²) in [5.41, 5.74) is 0. The van der Waals surface area contributed by atoms with Crippen molar-refractivity contribution in [3.8, 4) is 0 Å². The van der Waals surface area contributed by atoms with E-state index in [1.54, 1.807) is 0 Å². The van der Waals surface area contributed by atoms with Crippen LogP contribution in [-0.4, -0.2) is 121 Å². The lowest BCUT2D eigenvalue weighted by atomic mass is 9.83. The third kappa shape index (κ3) is 14.4. The van der Waals surface area contributed by atoms with Crippen LogP contribution in [0.25, 0.3) is 0 Å². The topological polar surface area (TPSA) is 121 Å². The van der Waals surface area contributed by atoms with Crippen LogP contribution >= 0.6 is 0 Å². The molecule has 0 aromatic heterocycles. The lowest BCUT2D eigenvalue weighted by Gasteiger charge is -2.28. The second-order valence-electron chi connectivity index (χ2n) is 12.0. The highest BCUT2D eigenvalue weighted by Gasteiger charge is 2.26. The molecule has 4 aliphatic rings. The van der Waals surface area contributed by atoms with Crippen molar-refractivity contribution in [2.45, 2.75) is 75.8 Å². The van der Waals surface area contributed by atoms with Gasteiger partial charge in [-0.3, -0.25) is 0 Å². The molecule has 0 aromatic rings. The Morgan fingerprint density at radius 3 is 1.10 bits per heavy atom. The van der Waals surface area contributed by atoms with Crippen molar-refractivity contribution < 1.29 is 48.1 Å². The van der Waals surface area contributed by atoms with Crippen LogP contribution in [0.1, 0.15) is 51.4 Å². The van der Waals surface area contributed by atoms with Gasteiger partial charge in [-0.25, -0.2) is 0 Å². The summed E-state index contributed by atoms with van der Waals surface area (Å²) in [7, 11) is 0. The maximum Gasteiger partial charge on any atom is 0.146 e. The number of epoxide rings is 2. The van der Waals surface area contributed by atoms with E-state index in [1.807, 2.05) is 0 Å². The molecule has 2 saturated carbocycles. The highest BCUT2D eigenvalue weighted by Crippen LogP contribution is 2.30. The van der Waals surface area contributed by atoms with Crippen molar-refractivity contribution in [3.63, 3.8) is 0 Å². The van der Waals surface area contributed by atoms with Crippen LogP contribution in [0.15, 0.2) is 0 Å². The second-order valence-corrected chi connectivity index (χ2v) is 12.0. The molecule has 4 atom stereocenters. The zero-order valence-corrected chi connectivity index (χ0v) is 23.6. The minimum absolute atomic E-state index is 0.0199. The van der Waals surface area contributed by atoms with Crippen molar-refractivity contribution in [2.75, 3.05) is 86.1 Å². The molecule has 2 heterocycles. The predicted molar refractivity (Wildman–Crippen MR) is 142 cm³/mol. The number of aliphatic hydroxyl groups excluding tert-OH is 2. The highest BCUT2D eigenvalue weighted by atomic mass is 16.7. The number of ether oxygens (including phenoxy) is 8. The van der Waals surface area contributed by atoms with Crippen LogP contribution in [0.4, 0.5) is 0 Å². The summed E-state index contributed by atoms with van der Waals surface area (Å²) >= 11 is 0. The van der Waals surface area contributed by atoms with E-state index >= 15 is 0 Å². The van der Waals surface area contributed by atoms with E-state index < -0.39 is 12.2 Å². The Hall–Kier alpha value is -0.400. The first-order valence-corrected chi connectivity index (χ1v) is 15.2. The SMILES string of the molecule is OC(COCOCC(O)COCC1CCC(COCC2CO2)CC1)COCC1CCC(COCC2CO2)CC1. The summed E-state index contributed by atoms with van der Waals surface area (Å²) < 4.78 is 44.0. The van der Waals surface area contributed by atoms with Crippen molar-refractivity contribution in [1.29, 1.82) is 0 Å². The molecule has 0 bridgehead atoms. The number of hydrogen-bond donors (Lipinski definition) is 2. The highest BCUT2D eigenvalue weighted by molar-refractivity contribution is 4.75. The summed E-state index contributed by atoms with van der Waals surface area (Å²) in [6.07, 6.45) is 8.58. The molecule has 4 fully saturated rings. The molecule has 4 rings (SSSR count). The van der Waals surface area contributed by atoms with Crippen LogP contribution in [0.5, 0.6) is 0 Å². The molecule has 0 spiro atoms. The first-order chi connectivity index (χ1) is 19.1. The number of rotatable bonds is 22. The lowest BCUT2D eigenvalue weighted by Crippen LogP contribution is -2.28. The number of aliphatic hydroxyl groups is 2. The maximum absolute atomic E-state index is 10.1. The van der Waals surface area contributed by atoms with Crippen molar-refractivity contribution >= 4 is 0 Å². The fourth-order valence-corrected chi connectivity index (χ4v) is 5.46. The molecular formula is C29H52O10. The van der Waals surface area contributed by atoms with Crippen molar-refractivity contribution in [1.82, 2.24) is 0 Å². The Kier molecular flexibility index (Phi) is 14.7. The van der Waals surface area contributed by atoms with Gasteiger partial charge >= 0.3 is 0 Å². The van der Waals surface area contributed by atoms with Gasteiger partial charge in [-0.1, -0.05) is 0 Å². The first kappa shape index (κ1) is 31.5. The molecule has 4 unspecified atom stereocenters. The normalized spacial score (nSPS) is 32.2. The quantitative estimate of drug-likeness (QED) is 0.116. The molecule has 2 N–H and O–H groups in total. The van der Waals surface area contributed by atoms with Gasteiger partial charge < -0.3 is 48.1 Å². The van der Waals surface area contributed by atoms with Gasteiger partial charge in [-0.2, -0.15) is 0 Å². The van der Waals surface area contributed by atoms with E-state index in [-0.39, 0.29) is 33.2 Å². The van der Waals surface area contributed by atoms with E-state index in [0.717, 1.165) is 65.3 Å². The molecule has 10 nitrogen and oxygen atoms in total. The minimum atomic E-state index is -0.690. The summed E-state index contributed by atoms with van der Waals surface area (Å²) in [6.45, 7) is 7.01.